The highest BCUT2D eigenvalue weighted by molar-refractivity contribution is 5.27. The van der Waals surface area contributed by atoms with Gasteiger partial charge in [-0.1, -0.05) is 12.1 Å². The molecular weight excluding hydrogens is 224 g/mol. The van der Waals surface area contributed by atoms with Crippen molar-refractivity contribution in [2.45, 2.75) is 37.9 Å². The van der Waals surface area contributed by atoms with Gasteiger partial charge in [-0.25, -0.2) is 0 Å². The fraction of sp³-hybridized carbons (Fsp3) is 0.600. The molecule has 2 N–H and O–H groups in total. The number of rotatable bonds is 3. The second-order valence-corrected chi connectivity index (χ2v) is 5.67. The van der Waals surface area contributed by atoms with Crippen molar-refractivity contribution in [1.29, 1.82) is 0 Å². The SMILES string of the molecule is COc1ccc(CN2CC3CCC2CC3N)cc1. The zero-order valence-electron chi connectivity index (χ0n) is 11.0. The van der Waals surface area contributed by atoms with Gasteiger partial charge in [-0.05, 0) is 42.9 Å². The standard InChI is InChI=1S/C15H22N2O/c1-18-14-6-2-11(3-7-14)9-17-10-12-4-5-13(17)8-15(12)16/h2-3,6-7,12-13,15H,4-5,8-10,16H2,1H3. The van der Waals surface area contributed by atoms with E-state index in [0.29, 0.717) is 18.0 Å². The average molecular weight is 246 g/mol. The number of hydrogen-bond acceptors (Lipinski definition) is 3. The van der Waals surface area contributed by atoms with Gasteiger partial charge in [0, 0.05) is 25.2 Å². The zero-order valence-corrected chi connectivity index (χ0v) is 11.0. The van der Waals surface area contributed by atoms with Crippen LogP contribution in [0, 0.1) is 5.92 Å². The molecule has 3 fully saturated rings. The van der Waals surface area contributed by atoms with Crippen molar-refractivity contribution < 1.29 is 4.74 Å². The Bertz CT molecular complexity index is 403. The molecular formula is C15H22N2O. The zero-order chi connectivity index (χ0) is 12.5. The molecule has 3 aliphatic rings. The van der Waals surface area contributed by atoms with Gasteiger partial charge in [-0.2, -0.15) is 0 Å². The maximum absolute atomic E-state index is 6.17. The summed E-state index contributed by atoms with van der Waals surface area (Å²) in [6.45, 7) is 2.23. The number of piperidine rings is 2. The molecule has 2 bridgehead atoms. The van der Waals surface area contributed by atoms with Crippen LogP contribution in [0.5, 0.6) is 5.75 Å². The van der Waals surface area contributed by atoms with Crippen LogP contribution in [-0.2, 0) is 6.54 Å². The number of hydrogen-bond donors (Lipinski definition) is 1. The first-order chi connectivity index (χ1) is 8.76. The number of nitrogens with zero attached hydrogens (tertiary/aromatic N) is 1. The van der Waals surface area contributed by atoms with E-state index < -0.39 is 0 Å². The summed E-state index contributed by atoms with van der Waals surface area (Å²) in [4.78, 5) is 2.61. The second-order valence-electron chi connectivity index (χ2n) is 5.67. The number of ether oxygens (including phenoxy) is 1. The quantitative estimate of drug-likeness (QED) is 0.886. The highest BCUT2D eigenvalue weighted by Crippen LogP contribution is 2.35. The van der Waals surface area contributed by atoms with Crippen molar-refractivity contribution in [3.63, 3.8) is 0 Å². The summed E-state index contributed by atoms with van der Waals surface area (Å²) in [7, 11) is 1.71. The molecule has 1 aromatic carbocycles. The highest BCUT2D eigenvalue weighted by atomic mass is 16.5. The van der Waals surface area contributed by atoms with E-state index >= 15 is 0 Å². The van der Waals surface area contributed by atoms with Crippen LogP contribution in [0.3, 0.4) is 0 Å². The van der Waals surface area contributed by atoms with Gasteiger partial charge in [-0.15, -0.1) is 0 Å². The lowest BCUT2D eigenvalue weighted by Crippen LogP contribution is -2.56. The Morgan fingerprint density at radius 2 is 2.06 bits per heavy atom. The number of methoxy groups -OCH3 is 1. The fourth-order valence-electron chi connectivity index (χ4n) is 3.41. The molecule has 1 saturated carbocycles. The van der Waals surface area contributed by atoms with Crippen LogP contribution in [0.15, 0.2) is 24.3 Å². The van der Waals surface area contributed by atoms with E-state index in [9.17, 15) is 0 Å². The summed E-state index contributed by atoms with van der Waals surface area (Å²) in [6, 6.07) is 9.57. The van der Waals surface area contributed by atoms with Gasteiger partial charge < -0.3 is 10.5 Å². The number of benzene rings is 1. The molecule has 98 valence electrons. The highest BCUT2D eigenvalue weighted by Gasteiger charge is 2.38. The Balaban J connectivity index is 1.66. The minimum atomic E-state index is 0.441. The van der Waals surface area contributed by atoms with Gasteiger partial charge in [0.15, 0.2) is 0 Å². The molecule has 2 saturated heterocycles. The van der Waals surface area contributed by atoms with Crippen LogP contribution >= 0.6 is 0 Å². The fourth-order valence-corrected chi connectivity index (χ4v) is 3.41. The lowest BCUT2D eigenvalue weighted by Gasteiger charge is -2.48. The van der Waals surface area contributed by atoms with Gasteiger partial charge in [-0.3, -0.25) is 4.90 Å². The third-order valence-electron chi connectivity index (χ3n) is 4.55. The topological polar surface area (TPSA) is 38.5 Å². The van der Waals surface area contributed by atoms with E-state index in [1.807, 2.05) is 12.1 Å². The van der Waals surface area contributed by atoms with E-state index in [0.717, 1.165) is 12.3 Å². The summed E-state index contributed by atoms with van der Waals surface area (Å²) in [5.74, 6) is 1.65. The molecule has 3 heteroatoms. The Labute approximate surface area is 109 Å². The molecule has 0 spiro atoms. The van der Waals surface area contributed by atoms with Gasteiger partial charge in [0.25, 0.3) is 0 Å². The predicted octanol–water partition coefficient (Wildman–Crippen LogP) is 2.01. The number of nitrogens with two attached hydrogens (primary N) is 1. The number of fused-ring (bicyclic) bond motifs is 3. The molecule has 4 rings (SSSR count). The molecule has 1 aliphatic carbocycles. The van der Waals surface area contributed by atoms with Gasteiger partial charge >= 0.3 is 0 Å². The average Bonchev–Trinajstić information content (AvgIpc) is 2.41. The molecule has 3 nitrogen and oxygen atoms in total. The van der Waals surface area contributed by atoms with Gasteiger partial charge in [0.1, 0.15) is 5.75 Å². The van der Waals surface area contributed by atoms with Crippen molar-refractivity contribution in [2.75, 3.05) is 13.7 Å². The van der Waals surface area contributed by atoms with E-state index in [4.69, 9.17) is 10.5 Å². The van der Waals surface area contributed by atoms with Crippen LogP contribution in [0.25, 0.3) is 0 Å². The summed E-state index contributed by atoms with van der Waals surface area (Å²) < 4.78 is 5.19. The summed E-state index contributed by atoms with van der Waals surface area (Å²) >= 11 is 0. The first-order valence-corrected chi connectivity index (χ1v) is 6.89. The molecule has 18 heavy (non-hydrogen) atoms. The molecule has 3 atom stereocenters. The van der Waals surface area contributed by atoms with Crippen LogP contribution in [0.1, 0.15) is 24.8 Å². The predicted molar refractivity (Wildman–Crippen MR) is 72.5 cm³/mol. The largest absolute Gasteiger partial charge is 0.497 e. The third-order valence-corrected chi connectivity index (χ3v) is 4.55. The molecule has 0 aromatic heterocycles. The van der Waals surface area contributed by atoms with Gasteiger partial charge in [0.2, 0.25) is 0 Å². The van der Waals surface area contributed by atoms with E-state index in [1.165, 1.54) is 31.4 Å². The van der Waals surface area contributed by atoms with Crippen molar-refractivity contribution in [3.05, 3.63) is 29.8 Å². The maximum Gasteiger partial charge on any atom is 0.118 e. The first-order valence-electron chi connectivity index (χ1n) is 6.89. The third kappa shape index (κ3) is 2.25. The van der Waals surface area contributed by atoms with Crippen LogP contribution < -0.4 is 10.5 Å². The van der Waals surface area contributed by atoms with Gasteiger partial charge in [0.05, 0.1) is 7.11 Å². The summed E-state index contributed by atoms with van der Waals surface area (Å²) in [6.07, 6.45) is 3.83. The van der Waals surface area contributed by atoms with E-state index in [2.05, 4.69) is 17.0 Å². The first kappa shape index (κ1) is 12.0. The molecule has 1 aromatic rings. The Morgan fingerprint density at radius 1 is 1.28 bits per heavy atom. The van der Waals surface area contributed by atoms with Crippen molar-refractivity contribution in [1.82, 2.24) is 4.90 Å². The van der Waals surface area contributed by atoms with Crippen molar-refractivity contribution in [2.24, 2.45) is 11.7 Å². The monoisotopic (exact) mass is 246 g/mol. The summed E-state index contributed by atoms with van der Waals surface area (Å²) in [5.41, 5.74) is 7.54. The van der Waals surface area contributed by atoms with Crippen LogP contribution in [0.4, 0.5) is 0 Å². The molecule has 0 radical (unpaired) electrons. The molecule has 3 unspecified atom stereocenters. The Hall–Kier alpha value is -1.06. The minimum absolute atomic E-state index is 0.441. The van der Waals surface area contributed by atoms with Crippen molar-refractivity contribution in [3.8, 4) is 5.75 Å². The molecule has 0 amide bonds. The lowest BCUT2D eigenvalue weighted by molar-refractivity contribution is 0.0280. The Kier molecular flexibility index (Phi) is 3.27. The summed E-state index contributed by atoms with van der Waals surface area (Å²) in [5, 5.41) is 0. The molecule has 2 heterocycles. The molecule has 2 aliphatic heterocycles. The Morgan fingerprint density at radius 3 is 2.61 bits per heavy atom. The normalized spacial score (nSPS) is 31.6. The van der Waals surface area contributed by atoms with Crippen LogP contribution in [-0.4, -0.2) is 30.6 Å². The smallest absolute Gasteiger partial charge is 0.118 e. The van der Waals surface area contributed by atoms with Crippen molar-refractivity contribution >= 4 is 0 Å². The lowest BCUT2D eigenvalue weighted by atomic mass is 9.76. The second kappa shape index (κ2) is 4.90. The van der Waals surface area contributed by atoms with Crippen LogP contribution in [0.2, 0.25) is 0 Å². The minimum Gasteiger partial charge on any atom is -0.497 e. The van der Waals surface area contributed by atoms with E-state index in [1.54, 1.807) is 7.11 Å². The maximum atomic E-state index is 6.17. The van der Waals surface area contributed by atoms with E-state index in [-0.39, 0.29) is 0 Å².